The molecule has 0 heterocycles. The Balaban J connectivity index is 1.96. The standard InChI is InChI=1S/C17H19NO3/c1-17(21,12-18-11-13-5-3-2-4-6-13)15-9-7-14(8-10-15)16(19)20/h2-10,18,21H,11-12H2,1H3,(H,19,20). The SMILES string of the molecule is CC(O)(CNCc1ccccc1)c1ccc(C(=O)O)cc1. The van der Waals surface area contributed by atoms with E-state index in [0.717, 1.165) is 5.56 Å². The maximum absolute atomic E-state index is 10.8. The Morgan fingerprint density at radius 3 is 2.29 bits per heavy atom. The van der Waals surface area contributed by atoms with E-state index in [9.17, 15) is 9.90 Å². The van der Waals surface area contributed by atoms with E-state index in [1.807, 2.05) is 30.3 Å². The summed E-state index contributed by atoms with van der Waals surface area (Å²) >= 11 is 0. The third kappa shape index (κ3) is 4.15. The van der Waals surface area contributed by atoms with Crippen LogP contribution in [0.25, 0.3) is 0 Å². The number of nitrogens with one attached hydrogen (secondary N) is 1. The van der Waals surface area contributed by atoms with E-state index in [4.69, 9.17) is 5.11 Å². The van der Waals surface area contributed by atoms with Gasteiger partial charge >= 0.3 is 5.97 Å². The van der Waals surface area contributed by atoms with Crippen LogP contribution in [0.2, 0.25) is 0 Å². The predicted molar refractivity (Wildman–Crippen MR) is 81.1 cm³/mol. The zero-order valence-electron chi connectivity index (χ0n) is 11.9. The average molecular weight is 285 g/mol. The Bertz CT molecular complexity index is 591. The zero-order valence-corrected chi connectivity index (χ0v) is 11.9. The summed E-state index contributed by atoms with van der Waals surface area (Å²) in [6.07, 6.45) is 0. The van der Waals surface area contributed by atoms with Gasteiger partial charge in [0.2, 0.25) is 0 Å². The molecule has 0 aliphatic carbocycles. The molecule has 0 aliphatic heterocycles. The lowest BCUT2D eigenvalue weighted by Crippen LogP contribution is -2.35. The molecule has 4 heteroatoms. The summed E-state index contributed by atoms with van der Waals surface area (Å²) in [5.74, 6) is -0.969. The van der Waals surface area contributed by atoms with Crippen molar-refractivity contribution in [2.75, 3.05) is 6.54 Å². The maximum atomic E-state index is 10.8. The van der Waals surface area contributed by atoms with Gasteiger partial charge in [-0.3, -0.25) is 0 Å². The monoisotopic (exact) mass is 285 g/mol. The van der Waals surface area contributed by atoms with E-state index in [2.05, 4.69) is 5.32 Å². The molecule has 0 aliphatic rings. The molecule has 3 N–H and O–H groups in total. The number of carboxylic acid groups (broad SMARTS) is 1. The van der Waals surface area contributed by atoms with Crippen LogP contribution in [-0.2, 0) is 12.1 Å². The Hall–Kier alpha value is -2.17. The summed E-state index contributed by atoms with van der Waals surface area (Å²) in [7, 11) is 0. The third-order valence-corrected chi connectivity index (χ3v) is 3.39. The van der Waals surface area contributed by atoms with E-state index < -0.39 is 11.6 Å². The van der Waals surface area contributed by atoms with Crippen LogP contribution in [0.1, 0.15) is 28.4 Å². The highest BCUT2D eigenvalue weighted by molar-refractivity contribution is 5.87. The third-order valence-electron chi connectivity index (χ3n) is 3.39. The van der Waals surface area contributed by atoms with Crippen molar-refractivity contribution in [3.8, 4) is 0 Å². The second kappa shape index (κ2) is 6.52. The lowest BCUT2D eigenvalue weighted by atomic mass is 9.95. The molecule has 21 heavy (non-hydrogen) atoms. The molecule has 1 atom stereocenters. The molecule has 0 bridgehead atoms. The van der Waals surface area contributed by atoms with Crippen LogP contribution >= 0.6 is 0 Å². The highest BCUT2D eigenvalue weighted by Crippen LogP contribution is 2.20. The normalized spacial score (nSPS) is 13.6. The lowest BCUT2D eigenvalue weighted by molar-refractivity contribution is 0.0564. The molecule has 1 unspecified atom stereocenters. The maximum Gasteiger partial charge on any atom is 0.335 e. The van der Waals surface area contributed by atoms with Crippen molar-refractivity contribution >= 4 is 5.97 Å². The number of benzene rings is 2. The first kappa shape index (κ1) is 15.2. The van der Waals surface area contributed by atoms with Crippen molar-refractivity contribution in [3.05, 3.63) is 71.3 Å². The molecule has 0 radical (unpaired) electrons. The van der Waals surface area contributed by atoms with Crippen LogP contribution in [0.5, 0.6) is 0 Å². The van der Waals surface area contributed by atoms with Gasteiger partial charge in [0.15, 0.2) is 0 Å². The van der Waals surface area contributed by atoms with Crippen LogP contribution < -0.4 is 5.32 Å². The predicted octanol–water partition coefficient (Wildman–Crippen LogP) is 2.38. The molecular weight excluding hydrogens is 266 g/mol. The smallest absolute Gasteiger partial charge is 0.335 e. The second-order valence-corrected chi connectivity index (χ2v) is 5.25. The minimum Gasteiger partial charge on any atom is -0.478 e. The average Bonchev–Trinajstić information content (AvgIpc) is 2.48. The van der Waals surface area contributed by atoms with Crippen molar-refractivity contribution in [2.24, 2.45) is 0 Å². The van der Waals surface area contributed by atoms with Crippen LogP contribution in [0, 0.1) is 0 Å². The second-order valence-electron chi connectivity index (χ2n) is 5.25. The van der Waals surface area contributed by atoms with Gasteiger partial charge in [-0.1, -0.05) is 42.5 Å². The number of aromatic carboxylic acids is 1. The summed E-state index contributed by atoms with van der Waals surface area (Å²) < 4.78 is 0. The Labute approximate surface area is 124 Å². The van der Waals surface area contributed by atoms with Gasteiger partial charge in [-0.15, -0.1) is 0 Å². The first-order valence-corrected chi connectivity index (χ1v) is 6.80. The topological polar surface area (TPSA) is 69.6 Å². The fraction of sp³-hybridized carbons (Fsp3) is 0.235. The number of carbonyl (C=O) groups is 1. The van der Waals surface area contributed by atoms with Crippen LogP contribution in [0.15, 0.2) is 54.6 Å². The van der Waals surface area contributed by atoms with E-state index >= 15 is 0 Å². The first-order chi connectivity index (χ1) is 9.99. The molecule has 2 aromatic rings. The van der Waals surface area contributed by atoms with E-state index in [1.165, 1.54) is 12.1 Å². The lowest BCUT2D eigenvalue weighted by Gasteiger charge is -2.24. The van der Waals surface area contributed by atoms with E-state index in [0.29, 0.717) is 18.7 Å². The quantitative estimate of drug-likeness (QED) is 0.762. The van der Waals surface area contributed by atoms with Gasteiger partial charge in [0.25, 0.3) is 0 Å². The summed E-state index contributed by atoms with van der Waals surface area (Å²) in [4.78, 5) is 10.8. The first-order valence-electron chi connectivity index (χ1n) is 6.80. The molecule has 0 amide bonds. The molecule has 4 nitrogen and oxygen atoms in total. The van der Waals surface area contributed by atoms with Crippen molar-refractivity contribution in [1.82, 2.24) is 5.32 Å². The van der Waals surface area contributed by atoms with Gasteiger partial charge in [-0.2, -0.15) is 0 Å². The molecule has 2 rings (SSSR count). The van der Waals surface area contributed by atoms with E-state index in [-0.39, 0.29) is 5.56 Å². The van der Waals surface area contributed by atoms with Gasteiger partial charge in [0.1, 0.15) is 0 Å². The number of aliphatic hydroxyl groups is 1. The molecule has 0 aromatic heterocycles. The molecule has 0 spiro atoms. The highest BCUT2D eigenvalue weighted by Gasteiger charge is 2.22. The highest BCUT2D eigenvalue weighted by atomic mass is 16.4. The van der Waals surface area contributed by atoms with Gasteiger partial charge in [-0.25, -0.2) is 4.79 Å². The fourth-order valence-corrected chi connectivity index (χ4v) is 2.12. The van der Waals surface area contributed by atoms with Gasteiger partial charge in [0.05, 0.1) is 11.2 Å². The van der Waals surface area contributed by atoms with Crippen molar-refractivity contribution in [1.29, 1.82) is 0 Å². The summed E-state index contributed by atoms with van der Waals surface area (Å²) in [6.45, 7) is 2.76. The summed E-state index contributed by atoms with van der Waals surface area (Å²) in [5.41, 5.74) is 1.00. The zero-order chi connectivity index (χ0) is 15.3. The molecular formula is C17H19NO3. The number of hydrogen-bond donors (Lipinski definition) is 3. The van der Waals surface area contributed by atoms with Crippen LogP contribution in [0.3, 0.4) is 0 Å². The number of rotatable bonds is 6. The van der Waals surface area contributed by atoms with Gasteiger partial charge in [0, 0.05) is 13.1 Å². The van der Waals surface area contributed by atoms with Crippen molar-refractivity contribution < 1.29 is 15.0 Å². The summed E-state index contributed by atoms with van der Waals surface area (Å²) in [5, 5.41) is 22.6. The largest absolute Gasteiger partial charge is 0.478 e. The van der Waals surface area contributed by atoms with Crippen LogP contribution in [0.4, 0.5) is 0 Å². The Morgan fingerprint density at radius 2 is 1.71 bits per heavy atom. The minimum atomic E-state index is -1.05. The molecule has 0 saturated heterocycles. The fourth-order valence-electron chi connectivity index (χ4n) is 2.12. The minimum absolute atomic E-state index is 0.215. The number of hydrogen-bond acceptors (Lipinski definition) is 3. The molecule has 2 aromatic carbocycles. The van der Waals surface area contributed by atoms with Crippen LogP contribution in [-0.4, -0.2) is 22.7 Å². The summed E-state index contributed by atoms with van der Waals surface area (Å²) in [6, 6.07) is 16.2. The Kier molecular flexibility index (Phi) is 4.73. The molecule has 110 valence electrons. The van der Waals surface area contributed by atoms with Crippen molar-refractivity contribution in [2.45, 2.75) is 19.1 Å². The van der Waals surface area contributed by atoms with Gasteiger partial charge in [-0.05, 0) is 30.2 Å². The Morgan fingerprint density at radius 1 is 1.10 bits per heavy atom. The van der Waals surface area contributed by atoms with Crippen molar-refractivity contribution in [3.63, 3.8) is 0 Å². The number of carboxylic acids is 1. The molecule has 0 saturated carbocycles. The van der Waals surface area contributed by atoms with Gasteiger partial charge < -0.3 is 15.5 Å². The van der Waals surface area contributed by atoms with E-state index in [1.54, 1.807) is 19.1 Å². The molecule has 0 fully saturated rings.